The molecule has 0 aromatic carbocycles. The molecule has 0 saturated carbocycles. The van der Waals surface area contributed by atoms with Crippen LogP contribution in [-0.2, 0) is 36.3 Å². The lowest BCUT2D eigenvalue weighted by Gasteiger charge is -2.23. The Balaban J connectivity index is 1.82. The maximum Gasteiger partial charge on any atom is 0.487 e. The van der Waals surface area contributed by atoms with Crippen LogP contribution in [0.25, 0.3) is 11.0 Å². The third-order valence-electron chi connectivity index (χ3n) is 4.91. The smallest absolute Gasteiger partial charge is 0.487 e. The number of hydrogen-bond donors (Lipinski definition) is 5. The van der Waals surface area contributed by atoms with Crippen molar-refractivity contribution in [2.24, 2.45) is 5.73 Å². The van der Waals surface area contributed by atoms with Crippen molar-refractivity contribution in [3.05, 3.63) is 18.1 Å². The Labute approximate surface area is 242 Å². The van der Waals surface area contributed by atoms with Gasteiger partial charge in [-0.15, -0.1) is 0 Å². The van der Waals surface area contributed by atoms with Crippen LogP contribution in [0.3, 0.4) is 0 Å². The fourth-order valence-electron chi connectivity index (χ4n) is 3.55. The number of hydrogen-bond acceptors (Lipinski definition) is 15. The summed E-state index contributed by atoms with van der Waals surface area (Å²) in [6.45, 7) is 5.47. The summed E-state index contributed by atoms with van der Waals surface area (Å²) in [4.78, 5) is 46.9. The zero-order valence-electron chi connectivity index (χ0n) is 21.9. The fraction of sp³-hybridized carbons (Fsp3) is 0.579. The van der Waals surface area contributed by atoms with E-state index >= 15 is 0 Å². The van der Waals surface area contributed by atoms with Crippen LogP contribution in [-0.4, -0.2) is 65.3 Å². The number of phosphoric ester groups is 1. The maximum absolute atomic E-state index is 12.3. The number of nitrogen functional groups attached to an aromatic ring is 1. The minimum absolute atomic E-state index is 0.0559. The Bertz CT molecular complexity index is 1440. The van der Waals surface area contributed by atoms with Gasteiger partial charge in [0.2, 0.25) is 0 Å². The zero-order valence-corrected chi connectivity index (χ0v) is 26.2. The molecule has 17 nitrogen and oxygen atoms in total. The summed E-state index contributed by atoms with van der Waals surface area (Å²) in [5, 5.41) is 0.470. The number of aromatic nitrogens is 3. The topological polar surface area (TPSA) is 264 Å². The van der Waals surface area contributed by atoms with E-state index < -0.39 is 48.5 Å². The van der Waals surface area contributed by atoms with E-state index in [1.54, 1.807) is 21.6 Å². The molecule has 1 aliphatic heterocycles. The van der Waals surface area contributed by atoms with Crippen LogP contribution in [0.5, 0.6) is 0 Å². The van der Waals surface area contributed by atoms with Gasteiger partial charge in [-0.1, -0.05) is 54.2 Å². The summed E-state index contributed by atoms with van der Waals surface area (Å²) < 4.78 is 60.5. The van der Waals surface area contributed by atoms with Crippen molar-refractivity contribution in [3.8, 4) is 11.8 Å². The number of anilines is 1. The van der Waals surface area contributed by atoms with Crippen molar-refractivity contribution in [2.75, 3.05) is 24.8 Å². The van der Waals surface area contributed by atoms with Gasteiger partial charge in [0.05, 0.1) is 30.2 Å². The van der Waals surface area contributed by atoms with E-state index in [0.29, 0.717) is 16.6 Å². The van der Waals surface area contributed by atoms with Gasteiger partial charge in [-0.25, -0.2) is 23.4 Å². The summed E-state index contributed by atoms with van der Waals surface area (Å²) >= 11 is 0. The molecule has 0 bridgehead atoms. The van der Waals surface area contributed by atoms with E-state index in [9.17, 15) is 28.4 Å². The lowest BCUT2D eigenvalue weighted by atomic mass is 10.2. The minimum Gasteiger partial charge on any atom is -0.756 e. The Kier molecular flexibility index (Phi) is 11.5. The molecule has 3 rings (SSSR count). The molecule has 7 N–H and O–H groups in total. The first-order valence-electron chi connectivity index (χ1n) is 11.5. The van der Waals surface area contributed by atoms with Gasteiger partial charge in [0.25, 0.3) is 7.82 Å². The van der Waals surface area contributed by atoms with Gasteiger partial charge in [-0.3, -0.25) is 9.09 Å². The van der Waals surface area contributed by atoms with Crippen LogP contribution in [0, 0.1) is 11.8 Å². The van der Waals surface area contributed by atoms with Gasteiger partial charge in [-0.2, -0.15) is 4.31 Å². The quantitative estimate of drug-likeness (QED) is 0.0706. The van der Waals surface area contributed by atoms with E-state index in [-0.39, 0.29) is 29.5 Å². The molecule has 0 spiro atoms. The lowest BCUT2D eigenvalue weighted by molar-refractivity contribution is -0.212. The van der Waals surface area contributed by atoms with Crippen LogP contribution in [0.2, 0.25) is 0 Å². The first-order valence-corrected chi connectivity index (χ1v) is 18.3. The largest absolute Gasteiger partial charge is 0.756 e. The molecule has 4 unspecified atom stereocenters. The number of fused-ring (bicyclic) bond motifs is 1. The van der Waals surface area contributed by atoms with Crippen LogP contribution in [0.15, 0.2) is 12.5 Å². The molecule has 1 saturated heterocycles. The Morgan fingerprint density at radius 1 is 1.22 bits per heavy atom. The third-order valence-corrected chi connectivity index (χ3v) is 11.7. The standard InChI is InChI=1S/C19H30N5O12P3S2/c1-19(2,3)41-40-11-32-13-7-15(24-8-12(5-4-6-20)16-17(21)22-10-23-18(16)24)34-14(13)9-33-38(28,29)36-39(30,31)35-37(25,26)27/h8,10,13-15H,6-7,9,11,20H2,1-3H3,(H,28,29)(H,30,31)(H2,21,22,23)(H2,25,26,27)/p-1/t13?,14-,15-/m1/s1. The molecule has 3 heterocycles. The molecule has 2 aromatic heterocycles. The molecular formula is C19H29N5O12P3S2-. The Morgan fingerprint density at radius 2 is 1.93 bits per heavy atom. The Morgan fingerprint density at radius 3 is 2.56 bits per heavy atom. The second kappa shape index (κ2) is 13.7. The van der Waals surface area contributed by atoms with Gasteiger partial charge in [0.1, 0.15) is 36.1 Å². The van der Waals surface area contributed by atoms with Gasteiger partial charge in [-0.05, 0) is 0 Å². The van der Waals surface area contributed by atoms with Gasteiger partial charge < -0.3 is 45.1 Å². The van der Waals surface area contributed by atoms with Crippen molar-refractivity contribution in [2.45, 2.75) is 50.4 Å². The molecule has 0 radical (unpaired) electrons. The highest BCUT2D eigenvalue weighted by molar-refractivity contribution is 8.77. The van der Waals surface area contributed by atoms with Crippen LogP contribution in [0.4, 0.5) is 5.82 Å². The lowest BCUT2D eigenvalue weighted by Crippen LogP contribution is -2.29. The van der Waals surface area contributed by atoms with Crippen molar-refractivity contribution in [3.63, 3.8) is 0 Å². The number of phosphoric acid groups is 3. The molecule has 0 amide bonds. The second-order valence-electron chi connectivity index (χ2n) is 9.28. The molecule has 230 valence electrons. The van der Waals surface area contributed by atoms with Crippen molar-refractivity contribution in [1.29, 1.82) is 0 Å². The number of nitrogens with two attached hydrogens (primary N) is 2. The zero-order chi connectivity index (χ0) is 30.6. The summed E-state index contributed by atoms with van der Waals surface area (Å²) in [6, 6.07) is 0. The first-order chi connectivity index (χ1) is 18.9. The summed E-state index contributed by atoms with van der Waals surface area (Å²) in [5.74, 6) is 6.04. The molecule has 41 heavy (non-hydrogen) atoms. The molecular weight excluding hydrogens is 647 g/mol. The van der Waals surface area contributed by atoms with Crippen LogP contribution in [0.1, 0.15) is 39.0 Å². The molecule has 22 heteroatoms. The fourth-order valence-corrected chi connectivity index (χ4v) is 8.55. The monoisotopic (exact) mass is 676 g/mol. The number of ether oxygens (including phenoxy) is 2. The third kappa shape index (κ3) is 10.6. The van der Waals surface area contributed by atoms with Crippen molar-refractivity contribution >= 4 is 61.9 Å². The average Bonchev–Trinajstić information content (AvgIpc) is 3.38. The molecule has 1 aliphatic rings. The van der Waals surface area contributed by atoms with Crippen molar-refractivity contribution < 1.29 is 55.9 Å². The summed E-state index contributed by atoms with van der Waals surface area (Å²) in [6.07, 6.45) is 0.602. The highest BCUT2D eigenvalue weighted by Crippen LogP contribution is 2.65. The molecule has 0 aliphatic carbocycles. The van der Waals surface area contributed by atoms with Gasteiger partial charge in [0, 0.05) is 17.4 Å². The van der Waals surface area contributed by atoms with Crippen LogP contribution >= 0.6 is 45.1 Å². The summed E-state index contributed by atoms with van der Waals surface area (Å²) in [7, 11) is -13.9. The predicted molar refractivity (Wildman–Crippen MR) is 149 cm³/mol. The maximum atomic E-state index is 12.3. The van der Waals surface area contributed by atoms with E-state index in [4.69, 9.17) is 30.4 Å². The van der Waals surface area contributed by atoms with E-state index in [1.165, 1.54) is 17.1 Å². The van der Waals surface area contributed by atoms with E-state index in [2.05, 4.69) is 30.4 Å². The van der Waals surface area contributed by atoms with Crippen LogP contribution < -0.4 is 16.4 Å². The normalized spacial score (nSPS) is 23.9. The van der Waals surface area contributed by atoms with E-state index in [0.717, 1.165) is 0 Å². The van der Waals surface area contributed by atoms with Gasteiger partial charge >= 0.3 is 15.6 Å². The van der Waals surface area contributed by atoms with E-state index in [1.807, 2.05) is 20.8 Å². The first kappa shape index (κ1) is 34.5. The SMILES string of the molecule is CC(C)(C)SSCOC1C[C@H](n2cc(C#CCN)c3c(N)ncnc32)O[C@@H]1COP(=O)(O)OP(=O)(O)OP(=O)([O-])O. The molecule has 2 aromatic rings. The molecule has 1 fully saturated rings. The highest BCUT2D eigenvalue weighted by atomic mass is 33.1. The Hall–Kier alpha value is -1.03. The average molecular weight is 677 g/mol. The van der Waals surface area contributed by atoms with Gasteiger partial charge in [0.15, 0.2) is 0 Å². The molecule has 6 atom stereocenters. The predicted octanol–water partition coefficient (Wildman–Crippen LogP) is 1.85. The second-order valence-corrected chi connectivity index (χ2v) is 16.7. The number of rotatable bonds is 12. The van der Waals surface area contributed by atoms with Crippen molar-refractivity contribution in [1.82, 2.24) is 14.5 Å². The number of nitrogens with zero attached hydrogens (tertiary/aromatic N) is 3. The minimum atomic E-state index is -5.79. The highest BCUT2D eigenvalue weighted by Gasteiger charge is 2.42. The summed E-state index contributed by atoms with van der Waals surface area (Å²) in [5.41, 5.74) is 12.5.